The van der Waals surface area contributed by atoms with E-state index in [1.54, 1.807) is 0 Å². The average molecular weight is 203 g/mol. The van der Waals surface area contributed by atoms with E-state index in [2.05, 4.69) is 12.6 Å². The minimum absolute atomic E-state index is 0.154. The third kappa shape index (κ3) is 2.61. The Labute approximate surface area is 84.8 Å². The van der Waals surface area contributed by atoms with Gasteiger partial charge in [0.15, 0.2) is 0 Å². The molecule has 0 atom stereocenters. The van der Waals surface area contributed by atoms with Gasteiger partial charge in [-0.25, -0.2) is 0 Å². The minimum atomic E-state index is -0.154. The van der Waals surface area contributed by atoms with Crippen molar-refractivity contribution >= 4 is 18.5 Å². The summed E-state index contributed by atoms with van der Waals surface area (Å²) in [4.78, 5) is 13.5. The van der Waals surface area contributed by atoms with Crippen molar-refractivity contribution in [2.75, 3.05) is 25.5 Å². The molecule has 0 aromatic carbocycles. The molecule has 3 nitrogen and oxygen atoms in total. The molecule has 13 heavy (non-hydrogen) atoms. The van der Waals surface area contributed by atoms with E-state index >= 15 is 0 Å². The number of morpholine rings is 1. The van der Waals surface area contributed by atoms with Crippen LogP contribution in [-0.2, 0) is 9.53 Å². The number of amides is 1. The Balaban J connectivity index is 2.59. The standard InChI is InChI=1S/C9H17NO2S/c1-9(2)7-12-5-4-10(9)8(11)3-6-13/h13H,3-7H2,1-2H3. The van der Waals surface area contributed by atoms with Crippen molar-refractivity contribution in [2.24, 2.45) is 0 Å². The second-order valence-corrected chi connectivity index (χ2v) is 4.33. The van der Waals surface area contributed by atoms with E-state index in [0.717, 1.165) is 0 Å². The van der Waals surface area contributed by atoms with Crippen molar-refractivity contribution in [3.05, 3.63) is 0 Å². The Morgan fingerprint density at radius 2 is 2.31 bits per heavy atom. The van der Waals surface area contributed by atoms with Crippen LogP contribution < -0.4 is 0 Å². The summed E-state index contributed by atoms with van der Waals surface area (Å²) in [5.41, 5.74) is -0.154. The lowest BCUT2D eigenvalue weighted by Gasteiger charge is -2.42. The molecule has 1 amide bonds. The van der Waals surface area contributed by atoms with Crippen molar-refractivity contribution in [1.82, 2.24) is 4.90 Å². The van der Waals surface area contributed by atoms with Crippen LogP contribution in [0, 0.1) is 0 Å². The van der Waals surface area contributed by atoms with E-state index in [9.17, 15) is 4.79 Å². The first-order chi connectivity index (χ1) is 6.08. The normalized spacial score (nSPS) is 21.6. The predicted octanol–water partition coefficient (Wildman–Crippen LogP) is 0.944. The summed E-state index contributed by atoms with van der Waals surface area (Å²) in [5.74, 6) is 0.801. The van der Waals surface area contributed by atoms with Gasteiger partial charge in [-0.05, 0) is 19.6 Å². The number of hydrogen-bond donors (Lipinski definition) is 1. The first-order valence-electron chi connectivity index (χ1n) is 4.57. The Hall–Kier alpha value is -0.220. The van der Waals surface area contributed by atoms with Gasteiger partial charge in [0.1, 0.15) is 0 Å². The van der Waals surface area contributed by atoms with Crippen LogP contribution in [-0.4, -0.2) is 41.9 Å². The number of hydrogen-bond acceptors (Lipinski definition) is 3. The largest absolute Gasteiger partial charge is 0.377 e. The van der Waals surface area contributed by atoms with Gasteiger partial charge in [-0.1, -0.05) is 0 Å². The van der Waals surface area contributed by atoms with Gasteiger partial charge in [-0.15, -0.1) is 0 Å². The van der Waals surface area contributed by atoms with Gasteiger partial charge >= 0.3 is 0 Å². The van der Waals surface area contributed by atoms with Crippen molar-refractivity contribution in [2.45, 2.75) is 25.8 Å². The fraction of sp³-hybridized carbons (Fsp3) is 0.889. The van der Waals surface area contributed by atoms with Crippen LogP contribution in [0.3, 0.4) is 0 Å². The molecule has 76 valence electrons. The maximum atomic E-state index is 11.6. The predicted molar refractivity (Wildman–Crippen MR) is 55.1 cm³/mol. The molecule has 0 aromatic heterocycles. The Kier molecular flexibility index (Phi) is 3.62. The van der Waals surface area contributed by atoms with Crippen molar-refractivity contribution in [3.8, 4) is 0 Å². The first kappa shape index (κ1) is 10.9. The second-order valence-electron chi connectivity index (χ2n) is 3.88. The molecule has 1 rings (SSSR count). The average Bonchev–Trinajstić information content (AvgIpc) is 2.03. The topological polar surface area (TPSA) is 29.5 Å². The van der Waals surface area contributed by atoms with Gasteiger partial charge in [0.25, 0.3) is 0 Å². The third-order valence-electron chi connectivity index (χ3n) is 2.27. The number of rotatable bonds is 2. The minimum Gasteiger partial charge on any atom is -0.377 e. The molecule has 0 aromatic rings. The van der Waals surface area contributed by atoms with Crippen molar-refractivity contribution in [3.63, 3.8) is 0 Å². The molecule has 1 saturated heterocycles. The quantitative estimate of drug-likeness (QED) is 0.677. The van der Waals surface area contributed by atoms with E-state index in [0.29, 0.717) is 31.9 Å². The highest BCUT2D eigenvalue weighted by Crippen LogP contribution is 2.19. The van der Waals surface area contributed by atoms with Gasteiger partial charge in [-0.2, -0.15) is 12.6 Å². The second kappa shape index (κ2) is 4.33. The molecule has 0 N–H and O–H groups in total. The molecular weight excluding hydrogens is 186 g/mol. The molecular formula is C9H17NO2S. The molecule has 0 radical (unpaired) electrons. The van der Waals surface area contributed by atoms with Crippen LogP contribution >= 0.6 is 12.6 Å². The van der Waals surface area contributed by atoms with Crippen LogP contribution in [0.15, 0.2) is 0 Å². The molecule has 1 heterocycles. The highest BCUT2D eigenvalue weighted by atomic mass is 32.1. The van der Waals surface area contributed by atoms with Crippen LogP contribution in [0.4, 0.5) is 0 Å². The fourth-order valence-corrected chi connectivity index (χ4v) is 1.74. The number of carbonyl (C=O) groups excluding carboxylic acids is 1. The molecule has 4 heteroatoms. The molecule has 1 fully saturated rings. The van der Waals surface area contributed by atoms with Crippen molar-refractivity contribution in [1.29, 1.82) is 0 Å². The summed E-state index contributed by atoms with van der Waals surface area (Å²) in [6.45, 7) is 6.05. The van der Waals surface area contributed by atoms with E-state index in [1.807, 2.05) is 18.7 Å². The van der Waals surface area contributed by atoms with Gasteiger partial charge < -0.3 is 9.64 Å². The zero-order valence-corrected chi connectivity index (χ0v) is 9.14. The third-order valence-corrected chi connectivity index (χ3v) is 2.50. The lowest BCUT2D eigenvalue weighted by atomic mass is 10.0. The van der Waals surface area contributed by atoms with Gasteiger partial charge in [0.05, 0.1) is 18.8 Å². The summed E-state index contributed by atoms with van der Waals surface area (Å²) >= 11 is 4.06. The highest BCUT2D eigenvalue weighted by molar-refractivity contribution is 7.80. The molecule has 1 aliphatic rings. The van der Waals surface area contributed by atoms with Crippen LogP contribution in [0.2, 0.25) is 0 Å². The Morgan fingerprint density at radius 3 is 2.85 bits per heavy atom. The monoisotopic (exact) mass is 203 g/mol. The smallest absolute Gasteiger partial charge is 0.223 e. The van der Waals surface area contributed by atoms with Crippen LogP contribution in [0.25, 0.3) is 0 Å². The summed E-state index contributed by atoms with van der Waals surface area (Å²) in [7, 11) is 0. The van der Waals surface area contributed by atoms with Crippen LogP contribution in [0.5, 0.6) is 0 Å². The maximum absolute atomic E-state index is 11.6. The number of nitrogens with zero attached hydrogens (tertiary/aromatic N) is 1. The zero-order chi connectivity index (χ0) is 9.90. The highest BCUT2D eigenvalue weighted by Gasteiger charge is 2.33. The van der Waals surface area contributed by atoms with Crippen molar-refractivity contribution < 1.29 is 9.53 Å². The zero-order valence-electron chi connectivity index (χ0n) is 8.25. The van der Waals surface area contributed by atoms with Crippen LogP contribution in [0.1, 0.15) is 20.3 Å². The number of thiol groups is 1. The van der Waals surface area contributed by atoms with E-state index in [4.69, 9.17) is 4.74 Å². The SMILES string of the molecule is CC1(C)COCCN1C(=O)CCS. The summed E-state index contributed by atoms with van der Waals surface area (Å²) < 4.78 is 5.33. The number of carbonyl (C=O) groups is 1. The van der Waals surface area contributed by atoms with E-state index in [-0.39, 0.29) is 11.4 Å². The molecule has 0 unspecified atom stereocenters. The van der Waals surface area contributed by atoms with E-state index < -0.39 is 0 Å². The fourth-order valence-electron chi connectivity index (χ4n) is 1.55. The maximum Gasteiger partial charge on any atom is 0.223 e. The number of ether oxygens (including phenoxy) is 1. The Morgan fingerprint density at radius 1 is 1.62 bits per heavy atom. The first-order valence-corrected chi connectivity index (χ1v) is 5.20. The molecule has 0 bridgehead atoms. The van der Waals surface area contributed by atoms with Gasteiger partial charge in [0.2, 0.25) is 5.91 Å². The van der Waals surface area contributed by atoms with Gasteiger partial charge in [0, 0.05) is 13.0 Å². The molecule has 1 aliphatic heterocycles. The van der Waals surface area contributed by atoms with Gasteiger partial charge in [-0.3, -0.25) is 4.79 Å². The molecule has 0 spiro atoms. The molecule has 0 aliphatic carbocycles. The lowest BCUT2D eigenvalue weighted by molar-refractivity contribution is -0.145. The lowest BCUT2D eigenvalue weighted by Crippen LogP contribution is -2.55. The summed E-state index contributed by atoms with van der Waals surface area (Å²) in [6, 6.07) is 0. The van der Waals surface area contributed by atoms with E-state index in [1.165, 1.54) is 0 Å². The summed E-state index contributed by atoms with van der Waals surface area (Å²) in [5, 5.41) is 0. The Bertz CT molecular complexity index is 194. The summed E-state index contributed by atoms with van der Waals surface area (Å²) in [6.07, 6.45) is 0.520. The molecule has 0 saturated carbocycles.